The van der Waals surface area contributed by atoms with Crippen LogP contribution in [0.15, 0.2) is 23.9 Å². The highest BCUT2D eigenvalue weighted by atomic mass is 14.9. The van der Waals surface area contributed by atoms with Gasteiger partial charge in [-0.05, 0) is 32.1 Å². The fourth-order valence-electron chi connectivity index (χ4n) is 2.78. The van der Waals surface area contributed by atoms with Crippen molar-refractivity contribution in [1.29, 1.82) is 0 Å². The molecule has 1 rings (SSSR count). The second-order valence-electron chi connectivity index (χ2n) is 6.15. The molecule has 1 fully saturated rings. The molecule has 1 saturated heterocycles. The molecule has 1 aliphatic rings. The molecule has 1 heteroatoms. The summed E-state index contributed by atoms with van der Waals surface area (Å²) >= 11 is 0. The zero-order chi connectivity index (χ0) is 14.5. The summed E-state index contributed by atoms with van der Waals surface area (Å²) in [7, 11) is 0. The normalized spacial score (nSPS) is 20.9. The lowest BCUT2D eigenvalue weighted by atomic mass is 10.1. The Morgan fingerprint density at radius 3 is 2.50 bits per heavy atom. The molecular weight excluding hydrogens is 242 g/mol. The Morgan fingerprint density at radius 1 is 0.950 bits per heavy atom. The van der Waals surface area contributed by atoms with Crippen LogP contribution < -0.4 is 5.32 Å². The van der Waals surface area contributed by atoms with Gasteiger partial charge in [0.25, 0.3) is 0 Å². The molecule has 0 radical (unpaired) electrons. The Bertz CT molecular complexity index is 277. The van der Waals surface area contributed by atoms with E-state index in [1.54, 1.807) is 0 Å². The minimum Gasteiger partial charge on any atom is -0.382 e. The molecule has 1 nitrogen and oxygen atoms in total. The minimum atomic E-state index is 0.600. The fraction of sp³-hybridized carbons (Fsp3) is 0.789. The van der Waals surface area contributed by atoms with E-state index < -0.39 is 0 Å². The Balaban J connectivity index is 2.04. The van der Waals surface area contributed by atoms with Gasteiger partial charge in [-0.15, -0.1) is 0 Å². The lowest BCUT2D eigenvalue weighted by Crippen LogP contribution is -2.17. The Hall–Kier alpha value is -0.720. The van der Waals surface area contributed by atoms with E-state index in [1.807, 2.05) is 0 Å². The monoisotopic (exact) mass is 277 g/mol. The van der Waals surface area contributed by atoms with E-state index in [0.29, 0.717) is 6.04 Å². The van der Waals surface area contributed by atoms with E-state index in [1.165, 1.54) is 82.7 Å². The average Bonchev–Trinajstić information content (AvgIpc) is 2.90. The number of nitrogens with one attached hydrogen (secondary N) is 1. The topological polar surface area (TPSA) is 12.0 Å². The van der Waals surface area contributed by atoms with Gasteiger partial charge in [-0.2, -0.15) is 0 Å². The largest absolute Gasteiger partial charge is 0.382 e. The molecule has 0 aliphatic carbocycles. The third-order valence-corrected chi connectivity index (χ3v) is 4.14. The summed E-state index contributed by atoms with van der Waals surface area (Å²) in [5, 5.41) is 3.65. The van der Waals surface area contributed by atoms with Crippen LogP contribution in [0.4, 0.5) is 0 Å². The maximum atomic E-state index is 3.65. The second kappa shape index (κ2) is 12.1. The Kier molecular flexibility index (Phi) is 10.4. The van der Waals surface area contributed by atoms with Gasteiger partial charge >= 0.3 is 0 Å². The van der Waals surface area contributed by atoms with E-state index in [2.05, 4.69) is 37.4 Å². The summed E-state index contributed by atoms with van der Waals surface area (Å²) < 4.78 is 0. The standard InChI is InChI=1S/C19H35N/c1-3-5-7-9-10-11-13-15-19-17-16-18(20-19)14-12-8-6-4-2/h12,14-15,18,20H,3-11,13,16-17H2,1-2H3. The first-order chi connectivity index (χ1) is 9.86. The number of hydrogen-bond donors (Lipinski definition) is 1. The molecule has 0 saturated carbocycles. The van der Waals surface area contributed by atoms with Crippen LogP contribution in [-0.4, -0.2) is 6.04 Å². The van der Waals surface area contributed by atoms with Crippen LogP contribution in [0.5, 0.6) is 0 Å². The van der Waals surface area contributed by atoms with Crippen LogP contribution in [0.25, 0.3) is 0 Å². The highest BCUT2D eigenvalue weighted by Gasteiger charge is 2.14. The predicted octanol–water partition coefficient (Wildman–Crippen LogP) is 6.12. The van der Waals surface area contributed by atoms with Gasteiger partial charge in [-0.3, -0.25) is 0 Å². The molecule has 0 spiro atoms. The van der Waals surface area contributed by atoms with Crippen molar-refractivity contribution in [3.63, 3.8) is 0 Å². The molecule has 1 heterocycles. The van der Waals surface area contributed by atoms with Gasteiger partial charge in [0.15, 0.2) is 0 Å². The summed E-state index contributed by atoms with van der Waals surface area (Å²) in [4.78, 5) is 0. The van der Waals surface area contributed by atoms with Crippen molar-refractivity contribution < 1.29 is 0 Å². The van der Waals surface area contributed by atoms with Crippen molar-refractivity contribution in [1.82, 2.24) is 5.32 Å². The number of unbranched alkanes of at least 4 members (excludes halogenated alkanes) is 8. The summed E-state index contributed by atoms with van der Waals surface area (Å²) in [6.07, 6.45) is 23.2. The van der Waals surface area contributed by atoms with Gasteiger partial charge in [0.1, 0.15) is 0 Å². The van der Waals surface area contributed by atoms with Crippen molar-refractivity contribution in [3.05, 3.63) is 23.9 Å². The molecule has 1 N–H and O–H groups in total. The van der Waals surface area contributed by atoms with E-state index in [4.69, 9.17) is 0 Å². The molecule has 0 aromatic carbocycles. The first-order valence-corrected chi connectivity index (χ1v) is 8.99. The molecular formula is C19H35N. The van der Waals surface area contributed by atoms with Crippen LogP contribution in [0.3, 0.4) is 0 Å². The van der Waals surface area contributed by atoms with Gasteiger partial charge in [0.2, 0.25) is 0 Å². The minimum absolute atomic E-state index is 0.600. The Labute approximate surface area is 126 Å². The SMILES string of the molecule is CCCCC=CC1CCC(=CCCCCCCCC)N1. The van der Waals surface area contributed by atoms with Crippen molar-refractivity contribution in [2.24, 2.45) is 0 Å². The van der Waals surface area contributed by atoms with Gasteiger partial charge in [0, 0.05) is 11.7 Å². The van der Waals surface area contributed by atoms with E-state index >= 15 is 0 Å². The van der Waals surface area contributed by atoms with Gasteiger partial charge in [-0.1, -0.05) is 77.0 Å². The van der Waals surface area contributed by atoms with Gasteiger partial charge in [-0.25, -0.2) is 0 Å². The molecule has 0 amide bonds. The van der Waals surface area contributed by atoms with Crippen LogP contribution in [0, 0.1) is 0 Å². The van der Waals surface area contributed by atoms with Crippen molar-refractivity contribution in [2.45, 2.75) is 96.9 Å². The van der Waals surface area contributed by atoms with E-state index in [0.717, 1.165) is 0 Å². The number of hydrogen-bond acceptors (Lipinski definition) is 1. The number of allylic oxidation sites excluding steroid dienone is 3. The lowest BCUT2D eigenvalue weighted by molar-refractivity contribution is 0.610. The molecule has 116 valence electrons. The van der Waals surface area contributed by atoms with Crippen LogP contribution in [0.2, 0.25) is 0 Å². The van der Waals surface area contributed by atoms with Crippen molar-refractivity contribution in [3.8, 4) is 0 Å². The molecule has 20 heavy (non-hydrogen) atoms. The van der Waals surface area contributed by atoms with Crippen molar-refractivity contribution in [2.75, 3.05) is 0 Å². The zero-order valence-electron chi connectivity index (χ0n) is 13.8. The molecule has 1 aliphatic heterocycles. The lowest BCUT2D eigenvalue weighted by Gasteiger charge is -2.05. The van der Waals surface area contributed by atoms with Gasteiger partial charge in [0.05, 0.1) is 0 Å². The maximum absolute atomic E-state index is 3.65. The Morgan fingerprint density at radius 2 is 1.70 bits per heavy atom. The highest BCUT2D eigenvalue weighted by molar-refractivity contribution is 5.12. The predicted molar refractivity (Wildman–Crippen MR) is 90.9 cm³/mol. The first kappa shape index (κ1) is 17.3. The second-order valence-corrected chi connectivity index (χ2v) is 6.15. The maximum Gasteiger partial charge on any atom is 0.0445 e. The van der Waals surface area contributed by atoms with Crippen LogP contribution >= 0.6 is 0 Å². The van der Waals surface area contributed by atoms with Crippen LogP contribution in [0.1, 0.15) is 90.9 Å². The first-order valence-electron chi connectivity index (χ1n) is 8.99. The summed E-state index contributed by atoms with van der Waals surface area (Å²) in [5.41, 5.74) is 1.49. The third kappa shape index (κ3) is 8.45. The summed E-state index contributed by atoms with van der Waals surface area (Å²) in [6, 6.07) is 0.600. The smallest absolute Gasteiger partial charge is 0.0445 e. The summed E-state index contributed by atoms with van der Waals surface area (Å²) in [6.45, 7) is 4.54. The molecule has 1 unspecified atom stereocenters. The molecule has 0 aromatic heterocycles. The van der Waals surface area contributed by atoms with E-state index in [-0.39, 0.29) is 0 Å². The highest BCUT2D eigenvalue weighted by Crippen LogP contribution is 2.18. The fourth-order valence-corrected chi connectivity index (χ4v) is 2.78. The van der Waals surface area contributed by atoms with Crippen molar-refractivity contribution >= 4 is 0 Å². The molecule has 0 aromatic rings. The van der Waals surface area contributed by atoms with Crippen LogP contribution in [-0.2, 0) is 0 Å². The van der Waals surface area contributed by atoms with Gasteiger partial charge < -0.3 is 5.32 Å². The quantitative estimate of drug-likeness (QED) is 0.354. The summed E-state index contributed by atoms with van der Waals surface area (Å²) in [5.74, 6) is 0. The number of rotatable bonds is 11. The third-order valence-electron chi connectivity index (χ3n) is 4.14. The zero-order valence-corrected chi connectivity index (χ0v) is 13.8. The van der Waals surface area contributed by atoms with E-state index in [9.17, 15) is 0 Å². The average molecular weight is 277 g/mol. The molecule has 1 atom stereocenters. The molecule has 0 bridgehead atoms.